The molecule has 70 heavy (non-hydrogen) atoms. The first-order valence-electron chi connectivity index (χ1n) is 19.9. The van der Waals surface area contributed by atoms with Crippen LogP contribution in [0.25, 0.3) is 16.5 Å². The average molecular weight is 999 g/mol. The number of nitriles is 1. The molecule has 1 aliphatic heterocycles. The van der Waals surface area contributed by atoms with Gasteiger partial charge in [-0.25, -0.2) is 34.7 Å². The third kappa shape index (κ3) is 13.7. The van der Waals surface area contributed by atoms with Crippen molar-refractivity contribution in [3.63, 3.8) is 0 Å². The standard InChI is InChI=1S/C20H20FN7O4.C11H12FN5O.C10H12N2O3.CH2O3.K/c1-4-32-18(30)20(2)12-13(22)23-15(24-14(12)25-17(20)29)16-26-19(31-3)28(27-16)9-10-7-5-6-8-11(10)21;1-18-11-15-10(9(13)14)16-17(11)6-7-4-2-3-5-8(7)12;1-5-15-9(14)10(3,7(2)13)8(6-11)12-4;2-1-4-3;/h5-8H,4,9H2,1-3H3,(H3,22,23,24,25,29);2-5H,6H2,1H3,(H3,13,14);8H,5H2,1-3H3;1,3H;/q;;;;+1/p-1. The second-order valence-electron chi connectivity index (χ2n) is 14.0. The Morgan fingerprint density at radius 3 is 1.93 bits per heavy atom. The number of esters is 2. The number of nitrogens with two attached hydrogens (primary N) is 2. The molecule has 1 aliphatic rings. The van der Waals surface area contributed by atoms with Gasteiger partial charge in [-0.3, -0.25) is 34.2 Å². The monoisotopic (exact) mass is 998 g/mol. The van der Waals surface area contributed by atoms with E-state index in [0.29, 0.717) is 11.1 Å². The van der Waals surface area contributed by atoms with Gasteiger partial charge in [0.1, 0.15) is 23.3 Å². The van der Waals surface area contributed by atoms with Gasteiger partial charge in [0.2, 0.25) is 28.8 Å². The number of fused-ring (bicyclic) bond motifs is 1. The summed E-state index contributed by atoms with van der Waals surface area (Å²) in [7, 11) is 2.82. The van der Waals surface area contributed by atoms with Crippen molar-refractivity contribution in [1.29, 1.82) is 10.7 Å². The predicted molar refractivity (Wildman–Crippen MR) is 232 cm³/mol. The summed E-state index contributed by atoms with van der Waals surface area (Å²) in [6, 6.07) is 13.2. The molecule has 0 bridgehead atoms. The predicted octanol–water partition coefficient (Wildman–Crippen LogP) is -1.56. The van der Waals surface area contributed by atoms with Crippen molar-refractivity contribution in [2.24, 2.45) is 11.1 Å². The van der Waals surface area contributed by atoms with E-state index < -0.39 is 46.3 Å². The molecule has 0 saturated heterocycles. The van der Waals surface area contributed by atoms with Gasteiger partial charge >= 0.3 is 81.4 Å². The molecule has 0 radical (unpaired) electrons. The van der Waals surface area contributed by atoms with Gasteiger partial charge in [0.05, 0.1) is 46.1 Å². The quantitative estimate of drug-likeness (QED) is 0.0106. The normalized spacial score (nSPS) is 14.0. The Balaban J connectivity index is 0.000000375. The van der Waals surface area contributed by atoms with Crippen LogP contribution >= 0.6 is 0 Å². The molecule has 28 heteroatoms. The maximum absolute atomic E-state index is 14.1. The average Bonchev–Trinajstić information content (AvgIpc) is 4.02. The number of rotatable bonds is 15. The van der Waals surface area contributed by atoms with E-state index >= 15 is 0 Å². The number of ether oxygens (including phenoxy) is 4. The maximum Gasteiger partial charge on any atom is 1.00 e. The van der Waals surface area contributed by atoms with Gasteiger partial charge < -0.3 is 45.9 Å². The van der Waals surface area contributed by atoms with E-state index in [2.05, 4.69) is 45.2 Å². The number of hydrogen-bond acceptors (Lipinski definition) is 20. The number of aromatic nitrogens is 8. The number of hydrogen-bond donors (Lipinski definition) is 4. The van der Waals surface area contributed by atoms with Gasteiger partial charge in [0.25, 0.3) is 6.47 Å². The van der Waals surface area contributed by atoms with Crippen LogP contribution in [0.3, 0.4) is 0 Å². The number of benzene rings is 2. The van der Waals surface area contributed by atoms with Crippen LogP contribution in [0.1, 0.15) is 57.1 Å². The number of nitrogens with zero attached hydrogens (tertiary/aromatic N) is 10. The molecule has 3 aromatic heterocycles. The van der Waals surface area contributed by atoms with E-state index in [1.54, 1.807) is 56.3 Å². The number of anilines is 2. The van der Waals surface area contributed by atoms with E-state index in [4.69, 9.17) is 57.7 Å². The fourth-order valence-corrected chi connectivity index (χ4v) is 5.94. The van der Waals surface area contributed by atoms with Gasteiger partial charge in [-0.15, -0.1) is 10.2 Å². The minimum Gasteiger partial charge on any atom is -0.662 e. The molecule has 0 saturated carbocycles. The van der Waals surface area contributed by atoms with E-state index in [1.807, 2.05) is 0 Å². The van der Waals surface area contributed by atoms with Gasteiger partial charge in [-0.1, -0.05) is 36.4 Å². The number of amides is 1. The molecule has 1 amide bonds. The minimum atomic E-state index is -1.69. The third-order valence-corrected chi connectivity index (χ3v) is 9.71. The molecule has 3 unspecified atom stereocenters. The number of carbonyl (C=O) groups excluding carboxylic acids is 5. The Bertz CT molecular complexity index is 2770. The Morgan fingerprint density at radius 1 is 0.971 bits per heavy atom. The van der Waals surface area contributed by atoms with Crippen LogP contribution in [0.15, 0.2) is 48.5 Å². The number of nitrogens with one attached hydrogen (secondary N) is 2. The minimum absolute atomic E-state index is 0. The van der Waals surface area contributed by atoms with Crippen LogP contribution < -0.4 is 82.9 Å². The van der Waals surface area contributed by atoms with Crippen molar-refractivity contribution in [1.82, 2.24) is 39.5 Å². The molecular formula is C42H45F2KN14O11. The fourth-order valence-electron chi connectivity index (χ4n) is 5.94. The second kappa shape index (κ2) is 27.0. The number of carbonyl (C=O) groups is 5. The van der Waals surface area contributed by atoms with E-state index in [9.17, 15) is 28.0 Å². The van der Waals surface area contributed by atoms with Crippen LogP contribution in [-0.4, -0.2) is 109 Å². The molecular weight excluding hydrogens is 954 g/mol. The first-order valence-corrected chi connectivity index (χ1v) is 19.9. The summed E-state index contributed by atoms with van der Waals surface area (Å²) in [5, 5.41) is 35.2. The summed E-state index contributed by atoms with van der Waals surface area (Å²) in [6.07, 6.45) is 0. The smallest absolute Gasteiger partial charge is 0.662 e. The van der Waals surface area contributed by atoms with E-state index in [0.717, 1.165) is 0 Å². The first kappa shape index (κ1) is 58.8. The maximum atomic E-state index is 14.1. The molecule has 364 valence electrons. The van der Waals surface area contributed by atoms with Crippen LogP contribution in [0.2, 0.25) is 0 Å². The molecule has 6 rings (SSSR count). The number of halogens is 2. The van der Waals surface area contributed by atoms with Crippen molar-refractivity contribution in [2.75, 3.05) is 38.5 Å². The SMILES string of the molecule is CCOC(=O)C1(C)C(=O)Nc2nc(-c3nc(OC)n(Cc4ccccc4F)n3)nc(N)c21.COc1nc(C(=N)N)nn1Cc1ccccc1F.O=CO[O-].[C-]#[N+]C(C#N)C(C)(C(C)=O)C(=O)OCC.[K+]. The zero-order valence-corrected chi connectivity index (χ0v) is 42.1. The summed E-state index contributed by atoms with van der Waals surface area (Å²) in [6.45, 7) is 14.1. The molecule has 4 heterocycles. The zero-order chi connectivity index (χ0) is 51.6. The van der Waals surface area contributed by atoms with Gasteiger partial charge in [-0.05, 0) is 46.8 Å². The number of amidine groups is 1. The molecule has 6 N–H and O–H groups in total. The second-order valence-corrected chi connectivity index (χ2v) is 14.0. The molecule has 2 aromatic carbocycles. The van der Waals surface area contributed by atoms with Gasteiger partial charge in [0.15, 0.2) is 23.1 Å². The zero-order valence-electron chi connectivity index (χ0n) is 39.0. The summed E-state index contributed by atoms with van der Waals surface area (Å²) < 4.78 is 50.2. The Labute approximate surface area is 440 Å². The summed E-state index contributed by atoms with van der Waals surface area (Å²) in [4.78, 5) is 78.8. The number of methoxy groups -OCH3 is 2. The van der Waals surface area contributed by atoms with Crippen LogP contribution in [0.5, 0.6) is 12.0 Å². The van der Waals surface area contributed by atoms with Crippen molar-refractivity contribution in [3.8, 4) is 29.7 Å². The molecule has 0 spiro atoms. The fraction of sp³-hybridized carbons (Fsp3) is 0.333. The van der Waals surface area contributed by atoms with Gasteiger partial charge in [-0.2, -0.15) is 15.2 Å². The summed E-state index contributed by atoms with van der Waals surface area (Å²) in [5.74, 6) is -3.65. The van der Waals surface area contributed by atoms with Crippen molar-refractivity contribution < 1.29 is 113 Å². The van der Waals surface area contributed by atoms with Crippen LogP contribution in [0, 0.1) is 40.4 Å². The number of Topliss-reactive ketones (excluding diaryl/α,β-unsaturated/α-hetero) is 1. The van der Waals surface area contributed by atoms with Crippen LogP contribution in [0.4, 0.5) is 20.4 Å². The molecule has 0 fully saturated rings. The molecule has 3 atom stereocenters. The Kier molecular flexibility index (Phi) is 22.7. The number of ketones is 1. The Hall–Kier alpha value is -7.34. The summed E-state index contributed by atoms with van der Waals surface area (Å²) in [5.41, 5.74) is 9.00. The van der Waals surface area contributed by atoms with Crippen molar-refractivity contribution >= 4 is 47.6 Å². The van der Waals surface area contributed by atoms with Crippen LogP contribution in [-0.2, 0) is 56.8 Å². The van der Waals surface area contributed by atoms with E-state index in [-0.39, 0.29) is 143 Å². The van der Waals surface area contributed by atoms with E-state index in [1.165, 1.54) is 56.5 Å². The summed E-state index contributed by atoms with van der Waals surface area (Å²) >= 11 is 0. The molecule has 25 nitrogen and oxygen atoms in total. The molecule has 0 aliphatic carbocycles. The number of nitrogen functional groups attached to an aromatic ring is 2. The van der Waals surface area contributed by atoms with Gasteiger partial charge in [0, 0.05) is 11.1 Å². The first-order chi connectivity index (χ1) is 32.8. The van der Waals surface area contributed by atoms with Crippen molar-refractivity contribution in [2.45, 2.75) is 59.2 Å². The third-order valence-electron chi connectivity index (χ3n) is 9.71. The van der Waals surface area contributed by atoms with Crippen molar-refractivity contribution in [3.05, 3.63) is 94.1 Å². The topological polar surface area (TPSA) is 358 Å². The Morgan fingerprint density at radius 2 is 1.49 bits per heavy atom. The molecule has 5 aromatic rings. The largest absolute Gasteiger partial charge is 1.00 e.